The molecule has 0 aliphatic heterocycles. The van der Waals surface area contributed by atoms with E-state index >= 15 is 0 Å². The highest BCUT2D eigenvalue weighted by Gasteiger charge is 2.60. The Balaban J connectivity index is 1.20. The first kappa shape index (κ1) is 28.6. The average molecular weight is 538 g/mol. The van der Waals surface area contributed by atoms with Gasteiger partial charge in [-0.2, -0.15) is 0 Å². The Bertz CT molecular complexity index is 1040. The fraction of sp³-hybridized carbons (Fsp3) is 0.794. The van der Waals surface area contributed by atoms with Gasteiger partial charge in [0, 0.05) is 12.1 Å². The third-order valence-corrected chi connectivity index (χ3v) is 12.4. The van der Waals surface area contributed by atoms with Crippen LogP contribution in [0.4, 0.5) is 5.69 Å². The second-order valence-electron chi connectivity index (χ2n) is 14.8. The molecule has 0 radical (unpaired) electrons. The van der Waals surface area contributed by atoms with Crippen LogP contribution >= 0.6 is 0 Å². The number of carbonyl (C=O) groups is 1. The molecule has 0 spiro atoms. The summed E-state index contributed by atoms with van der Waals surface area (Å²) in [5.41, 5.74) is 1.29. The molecule has 39 heavy (non-hydrogen) atoms. The number of carbonyl (C=O) groups excluding carboxylic acids is 1. The third kappa shape index (κ3) is 5.40. The van der Waals surface area contributed by atoms with Crippen LogP contribution in [0.5, 0.6) is 0 Å². The Hall–Kier alpha value is -1.91. The Morgan fingerprint density at radius 3 is 2.33 bits per heavy atom. The number of non-ortho nitro benzene ring substituents is 1. The molecule has 5 heteroatoms. The molecule has 4 aliphatic carbocycles. The summed E-state index contributed by atoms with van der Waals surface area (Å²) >= 11 is 0. The quantitative estimate of drug-likeness (QED) is 0.188. The van der Waals surface area contributed by atoms with Gasteiger partial charge >= 0.3 is 5.97 Å². The zero-order valence-electron chi connectivity index (χ0n) is 25.0. The van der Waals surface area contributed by atoms with Gasteiger partial charge in [-0.25, -0.2) is 4.79 Å². The molecule has 9 atom stereocenters. The van der Waals surface area contributed by atoms with Crippen molar-refractivity contribution in [3.05, 3.63) is 39.9 Å². The van der Waals surface area contributed by atoms with Crippen LogP contribution in [0.3, 0.4) is 0 Å². The molecule has 1 aromatic rings. The summed E-state index contributed by atoms with van der Waals surface area (Å²) in [7, 11) is 0. The number of rotatable bonds is 8. The first-order chi connectivity index (χ1) is 18.5. The van der Waals surface area contributed by atoms with Crippen molar-refractivity contribution in [3.8, 4) is 0 Å². The minimum Gasteiger partial charge on any atom is -0.459 e. The average Bonchev–Trinajstić information content (AvgIpc) is 3.26. The fourth-order valence-corrected chi connectivity index (χ4v) is 10.3. The summed E-state index contributed by atoms with van der Waals surface area (Å²) < 4.78 is 5.97. The molecule has 4 fully saturated rings. The van der Waals surface area contributed by atoms with Crippen molar-refractivity contribution in [1.82, 2.24) is 0 Å². The Morgan fingerprint density at radius 1 is 0.949 bits per heavy atom. The van der Waals surface area contributed by atoms with Crippen LogP contribution in [-0.2, 0) is 4.74 Å². The van der Waals surface area contributed by atoms with Gasteiger partial charge in [-0.3, -0.25) is 10.1 Å². The highest BCUT2D eigenvalue weighted by atomic mass is 16.6. The van der Waals surface area contributed by atoms with Crippen molar-refractivity contribution in [2.75, 3.05) is 0 Å². The second-order valence-corrected chi connectivity index (χ2v) is 14.8. The molecule has 4 saturated carbocycles. The van der Waals surface area contributed by atoms with Crippen LogP contribution in [0.15, 0.2) is 24.3 Å². The third-order valence-electron chi connectivity index (χ3n) is 12.4. The highest BCUT2D eigenvalue weighted by molar-refractivity contribution is 5.89. The molecule has 5 rings (SSSR count). The minimum atomic E-state index is -0.443. The standard InChI is InChI=1S/C34H51NO4/c1-22(2)7-6-8-23(3)29-15-16-30-28-14-11-25-21-27(17-19-33(25,4)31(28)18-20-34(29,30)5)39-32(36)24-9-12-26(13-10-24)35(37)38/h9-10,12-13,22-23,25,27-31H,6-8,11,14-21H2,1-5H3/t23-,25+,27-,28+,29-,30+,31+,33+,34-/m1/s1. The molecular weight excluding hydrogens is 486 g/mol. The molecule has 1 aromatic carbocycles. The number of hydrogen-bond donors (Lipinski definition) is 0. The van der Waals surface area contributed by atoms with E-state index in [0.29, 0.717) is 22.3 Å². The smallest absolute Gasteiger partial charge is 0.338 e. The van der Waals surface area contributed by atoms with Gasteiger partial charge < -0.3 is 4.74 Å². The van der Waals surface area contributed by atoms with E-state index in [-0.39, 0.29) is 17.8 Å². The van der Waals surface area contributed by atoms with E-state index in [1.807, 2.05) is 0 Å². The van der Waals surface area contributed by atoms with E-state index in [4.69, 9.17) is 4.74 Å². The van der Waals surface area contributed by atoms with Crippen LogP contribution < -0.4 is 0 Å². The molecule has 0 aromatic heterocycles. The summed E-state index contributed by atoms with van der Waals surface area (Å²) in [6.07, 6.45) is 15.4. The molecule has 0 saturated heterocycles. The van der Waals surface area contributed by atoms with E-state index in [9.17, 15) is 14.9 Å². The van der Waals surface area contributed by atoms with Gasteiger partial charge in [0.15, 0.2) is 0 Å². The van der Waals surface area contributed by atoms with Crippen LogP contribution in [0.25, 0.3) is 0 Å². The van der Waals surface area contributed by atoms with Crippen molar-refractivity contribution < 1.29 is 14.5 Å². The molecule has 4 aliphatic rings. The van der Waals surface area contributed by atoms with Gasteiger partial charge in [0.2, 0.25) is 0 Å². The zero-order valence-corrected chi connectivity index (χ0v) is 25.0. The van der Waals surface area contributed by atoms with Gasteiger partial charge in [-0.05, 0) is 122 Å². The largest absolute Gasteiger partial charge is 0.459 e. The monoisotopic (exact) mass is 537 g/mol. The SMILES string of the molecule is CC(C)CCC[C@@H](C)[C@H]1CC[C@H]2[C@@H]3CC[C@H]4C[C@H](OC(=O)c5ccc([N+](=O)[O-])cc5)CC[C@]4(C)[C@H]3CC[C@]12C. The van der Waals surface area contributed by atoms with Crippen molar-refractivity contribution >= 4 is 11.7 Å². The van der Waals surface area contributed by atoms with Gasteiger partial charge in [0.05, 0.1) is 10.5 Å². The van der Waals surface area contributed by atoms with Crippen molar-refractivity contribution in [2.24, 2.45) is 52.3 Å². The first-order valence-corrected chi connectivity index (χ1v) is 16.0. The Labute approximate surface area is 236 Å². The van der Waals surface area contributed by atoms with Gasteiger partial charge in [0.1, 0.15) is 6.10 Å². The number of nitrogens with zero attached hydrogens (tertiary/aromatic N) is 1. The van der Waals surface area contributed by atoms with E-state index in [1.165, 1.54) is 82.1 Å². The number of esters is 1. The Kier molecular flexibility index (Phi) is 8.19. The van der Waals surface area contributed by atoms with E-state index in [2.05, 4.69) is 34.6 Å². The number of benzene rings is 1. The molecule has 0 bridgehead atoms. The van der Waals surface area contributed by atoms with Crippen molar-refractivity contribution in [2.45, 2.75) is 118 Å². The van der Waals surface area contributed by atoms with Crippen LogP contribution in [0.1, 0.15) is 122 Å². The summed E-state index contributed by atoms with van der Waals surface area (Å²) in [5.74, 6) is 5.42. The summed E-state index contributed by atoms with van der Waals surface area (Å²) in [5, 5.41) is 10.9. The van der Waals surface area contributed by atoms with E-state index < -0.39 is 4.92 Å². The Morgan fingerprint density at radius 2 is 1.64 bits per heavy atom. The second kappa shape index (κ2) is 11.2. The van der Waals surface area contributed by atoms with E-state index in [1.54, 1.807) is 0 Å². The molecule has 0 heterocycles. The van der Waals surface area contributed by atoms with Gasteiger partial charge in [-0.1, -0.05) is 53.9 Å². The highest BCUT2D eigenvalue weighted by Crippen LogP contribution is 2.68. The first-order valence-electron chi connectivity index (χ1n) is 16.0. The fourth-order valence-electron chi connectivity index (χ4n) is 10.3. The van der Waals surface area contributed by atoms with Crippen molar-refractivity contribution in [3.63, 3.8) is 0 Å². The molecule has 0 amide bonds. The van der Waals surface area contributed by atoms with Crippen LogP contribution in [0, 0.1) is 62.4 Å². The predicted molar refractivity (Wildman–Crippen MR) is 155 cm³/mol. The number of fused-ring (bicyclic) bond motifs is 5. The zero-order chi connectivity index (χ0) is 27.9. The number of nitro benzene ring substituents is 1. The van der Waals surface area contributed by atoms with Crippen LogP contribution in [-0.4, -0.2) is 17.0 Å². The predicted octanol–water partition coefficient (Wildman–Crippen LogP) is 9.24. The number of ether oxygens (including phenoxy) is 1. The molecule has 0 unspecified atom stereocenters. The number of hydrogen-bond acceptors (Lipinski definition) is 4. The lowest BCUT2D eigenvalue weighted by molar-refractivity contribution is -0.384. The lowest BCUT2D eigenvalue weighted by atomic mass is 9.44. The maximum Gasteiger partial charge on any atom is 0.338 e. The molecule has 5 nitrogen and oxygen atoms in total. The maximum atomic E-state index is 12.8. The molecule has 0 N–H and O–H groups in total. The summed E-state index contributed by atoms with van der Waals surface area (Å²) in [6, 6.07) is 5.79. The van der Waals surface area contributed by atoms with Gasteiger partial charge in [-0.15, -0.1) is 0 Å². The topological polar surface area (TPSA) is 69.4 Å². The lowest BCUT2D eigenvalue weighted by Gasteiger charge is -2.61. The van der Waals surface area contributed by atoms with Gasteiger partial charge in [0.25, 0.3) is 5.69 Å². The van der Waals surface area contributed by atoms with Crippen LogP contribution in [0.2, 0.25) is 0 Å². The normalized spacial score (nSPS) is 38.4. The van der Waals surface area contributed by atoms with E-state index in [0.717, 1.165) is 54.8 Å². The summed E-state index contributed by atoms with van der Waals surface area (Å²) in [6.45, 7) is 12.5. The minimum absolute atomic E-state index is 0.00510. The molecular formula is C34H51NO4. The maximum absolute atomic E-state index is 12.8. The molecule has 216 valence electrons. The lowest BCUT2D eigenvalue weighted by Crippen LogP contribution is -2.54. The van der Waals surface area contributed by atoms with Crippen molar-refractivity contribution in [1.29, 1.82) is 0 Å². The number of nitro groups is 1. The summed E-state index contributed by atoms with van der Waals surface area (Å²) in [4.78, 5) is 23.3.